The molecule has 8 heteroatoms. The lowest BCUT2D eigenvalue weighted by molar-refractivity contribution is -0.137. The Morgan fingerprint density at radius 1 is 1.15 bits per heavy atom. The Hall–Kier alpha value is -2.58. The van der Waals surface area contributed by atoms with Gasteiger partial charge in [-0.25, -0.2) is 0 Å². The number of piperazine rings is 1. The van der Waals surface area contributed by atoms with E-state index in [1.54, 1.807) is 13.2 Å². The molecule has 0 aliphatic carbocycles. The number of anilines is 1. The molecule has 178 valence electrons. The van der Waals surface area contributed by atoms with Crippen molar-refractivity contribution >= 4 is 11.6 Å². The van der Waals surface area contributed by atoms with Gasteiger partial charge >= 0.3 is 6.18 Å². The first kappa shape index (κ1) is 23.6. The minimum Gasteiger partial charge on any atom is -0.385 e. The summed E-state index contributed by atoms with van der Waals surface area (Å²) in [6.45, 7) is 3.96. The van der Waals surface area contributed by atoms with Crippen LogP contribution in [0.25, 0.3) is 0 Å². The quantitative estimate of drug-likeness (QED) is 0.639. The second kappa shape index (κ2) is 10.1. The van der Waals surface area contributed by atoms with Crippen LogP contribution < -0.4 is 10.2 Å². The van der Waals surface area contributed by atoms with Gasteiger partial charge in [0.15, 0.2) is 0 Å². The second-order valence-electron chi connectivity index (χ2n) is 8.77. The molecule has 4 rings (SSSR count). The van der Waals surface area contributed by atoms with Gasteiger partial charge in [0.05, 0.1) is 17.5 Å². The van der Waals surface area contributed by atoms with Crippen molar-refractivity contribution in [3.63, 3.8) is 0 Å². The van der Waals surface area contributed by atoms with E-state index in [1.165, 1.54) is 11.6 Å². The number of alkyl halides is 3. The molecule has 5 nitrogen and oxygen atoms in total. The number of hydrogen-bond acceptors (Lipinski definition) is 4. The van der Waals surface area contributed by atoms with E-state index in [-0.39, 0.29) is 11.9 Å². The van der Waals surface area contributed by atoms with Crippen molar-refractivity contribution in [2.75, 3.05) is 44.8 Å². The number of fused-ring (bicyclic) bond motifs is 3. The fourth-order valence-corrected chi connectivity index (χ4v) is 4.90. The molecule has 2 aliphatic rings. The highest BCUT2D eigenvalue weighted by atomic mass is 19.4. The van der Waals surface area contributed by atoms with Gasteiger partial charge in [-0.2, -0.15) is 13.2 Å². The van der Waals surface area contributed by atoms with Crippen LogP contribution >= 0.6 is 0 Å². The van der Waals surface area contributed by atoms with Crippen LogP contribution in [0.15, 0.2) is 48.5 Å². The number of amides is 1. The molecule has 1 saturated heterocycles. The molecule has 2 aliphatic heterocycles. The fourth-order valence-electron chi connectivity index (χ4n) is 4.90. The lowest BCUT2D eigenvalue weighted by Gasteiger charge is -2.49. The average Bonchev–Trinajstić information content (AvgIpc) is 2.81. The highest BCUT2D eigenvalue weighted by molar-refractivity contribution is 5.82. The first-order valence-corrected chi connectivity index (χ1v) is 11.4. The molecule has 2 unspecified atom stereocenters. The van der Waals surface area contributed by atoms with E-state index in [4.69, 9.17) is 4.74 Å². The van der Waals surface area contributed by atoms with Gasteiger partial charge in [0.25, 0.3) is 0 Å². The summed E-state index contributed by atoms with van der Waals surface area (Å²) in [6.07, 6.45) is -3.41. The van der Waals surface area contributed by atoms with Crippen molar-refractivity contribution in [3.8, 4) is 0 Å². The Morgan fingerprint density at radius 2 is 1.94 bits per heavy atom. The molecular weight excluding hydrogens is 431 g/mol. The third-order valence-corrected chi connectivity index (χ3v) is 6.53. The van der Waals surface area contributed by atoms with Gasteiger partial charge in [0.1, 0.15) is 0 Å². The van der Waals surface area contributed by atoms with Crippen LogP contribution in [0.1, 0.15) is 23.1 Å². The Labute approximate surface area is 192 Å². The number of ether oxygens (including phenoxy) is 1. The molecule has 1 amide bonds. The SMILES string of the molecule is COCCCNC(=O)C1Cc2cc(C(F)(F)F)ccc2N2CCN(Cc3ccccc3)CC12. The Bertz CT molecular complexity index is 952. The molecule has 2 aromatic rings. The van der Waals surface area contributed by atoms with E-state index in [9.17, 15) is 18.0 Å². The van der Waals surface area contributed by atoms with Crippen molar-refractivity contribution in [1.29, 1.82) is 0 Å². The molecule has 2 heterocycles. The number of halogens is 3. The summed E-state index contributed by atoms with van der Waals surface area (Å²) in [5.74, 6) is -0.521. The zero-order chi connectivity index (χ0) is 23.4. The number of hydrogen-bond donors (Lipinski definition) is 1. The van der Waals surface area contributed by atoms with Crippen LogP contribution in [-0.4, -0.2) is 56.7 Å². The minimum atomic E-state index is -4.40. The van der Waals surface area contributed by atoms with Gasteiger partial charge in [-0.15, -0.1) is 0 Å². The maximum atomic E-state index is 13.3. The van der Waals surface area contributed by atoms with Crippen molar-refractivity contribution in [2.45, 2.75) is 31.6 Å². The Morgan fingerprint density at radius 3 is 2.67 bits per heavy atom. The molecule has 2 atom stereocenters. The molecule has 0 aromatic heterocycles. The molecule has 0 bridgehead atoms. The van der Waals surface area contributed by atoms with Gasteiger partial charge in [-0.05, 0) is 42.2 Å². The normalized spacial score (nSPS) is 20.8. The zero-order valence-corrected chi connectivity index (χ0v) is 18.8. The van der Waals surface area contributed by atoms with E-state index in [1.807, 2.05) is 18.2 Å². The zero-order valence-electron chi connectivity index (χ0n) is 18.8. The molecule has 2 aromatic carbocycles. The van der Waals surface area contributed by atoms with Crippen LogP contribution in [0.4, 0.5) is 18.9 Å². The van der Waals surface area contributed by atoms with E-state index in [0.29, 0.717) is 44.6 Å². The van der Waals surface area contributed by atoms with Gasteiger partial charge in [-0.1, -0.05) is 30.3 Å². The topological polar surface area (TPSA) is 44.8 Å². The number of nitrogens with zero attached hydrogens (tertiary/aromatic N) is 2. The number of carbonyl (C=O) groups excluding carboxylic acids is 1. The largest absolute Gasteiger partial charge is 0.416 e. The first-order valence-electron chi connectivity index (χ1n) is 11.4. The average molecular weight is 462 g/mol. The maximum Gasteiger partial charge on any atom is 0.416 e. The number of rotatable bonds is 7. The second-order valence-corrected chi connectivity index (χ2v) is 8.77. The number of carbonyl (C=O) groups is 1. The summed E-state index contributed by atoms with van der Waals surface area (Å²) >= 11 is 0. The van der Waals surface area contributed by atoms with Gasteiger partial charge in [0, 0.05) is 52.1 Å². The lowest BCUT2D eigenvalue weighted by Crippen LogP contribution is -2.61. The highest BCUT2D eigenvalue weighted by Crippen LogP contribution is 2.39. The smallest absolute Gasteiger partial charge is 0.385 e. The lowest BCUT2D eigenvalue weighted by atomic mass is 9.82. The van der Waals surface area contributed by atoms with E-state index >= 15 is 0 Å². The van der Waals surface area contributed by atoms with Crippen molar-refractivity contribution in [3.05, 3.63) is 65.2 Å². The van der Waals surface area contributed by atoms with Crippen LogP contribution in [0.3, 0.4) is 0 Å². The summed E-state index contributed by atoms with van der Waals surface area (Å²) in [5.41, 5.74) is 1.95. The predicted octanol–water partition coefficient (Wildman–Crippen LogP) is 3.72. The molecule has 33 heavy (non-hydrogen) atoms. The Balaban J connectivity index is 1.57. The Kier molecular flexibility index (Phi) is 7.24. The third-order valence-electron chi connectivity index (χ3n) is 6.53. The van der Waals surface area contributed by atoms with E-state index in [0.717, 1.165) is 24.8 Å². The maximum absolute atomic E-state index is 13.3. The van der Waals surface area contributed by atoms with Crippen LogP contribution in [0, 0.1) is 5.92 Å². The highest BCUT2D eigenvalue weighted by Gasteiger charge is 2.42. The summed E-state index contributed by atoms with van der Waals surface area (Å²) in [4.78, 5) is 17.6. The van der Waals surface area contributed by atoms with E-state index < -0.39 is 17.7 Å². The van der Waals surface area contributed by atoms with Gasteiger partial charge < -0.3 is 15.0 Å². The van der Waals surface area contributed by atoms with Crippen molar-refractivity contribution < 1.29 is 22.7 Å². The number of benzene rings is 2. The van der Waals surface area contributed by atoms with Crippen LogP contribution in [0.5, 0.6) is 0 Å². The third kappa shape index (κ3) is 5.50. The number of methoxy groups -OCH3 is 1. The van der Waals surface area contributed by atoms with Crippen molar-refractivity contribution in [1.82, 2.24) is 10.2 Å². The molecule has 1 fully saturated rings. The monoisotopic (exact) mass is 461 g/mol. The first-order chi connectivity index (χ1) is 15.9. The fraction of sp³-hybridized carbons (Fsp3) is 0.480. The summed E-state index contributed by atoms with van der Waals surface area (Å²) in [6, 6.07) is 14.0. The summed E-state index contributed by atoms with van der Waals surface area (Å²) < 4.78 is 45.0. The van der Waals surface area contributed by atoms with Crippen LogP contribution in [0.2, 0.25) is 0 Å². The molecule has 0 spiro atoms. The minimum absolute atomic E-state index is 0.0888. The predicted molar refractivity (Wildman–Crippen MR) is 121 cm³/mol. The van der Waals surface area contributed by atoms with Gasteiger partial charge in [0.2, 0.25) is 5.91 Å². The molecule has 0 saturated carbocycles. The number of nitrogens with one attached hydrogen (secondary N) is 1. The standard InChI is InChI=1S/C25H30F3N3O2/c1-33-13-5-10-29-24(32)21-15-19-14-20(25(26,27)28)8-9-22(19)31-12-11-30(17-23(21)31)16-18-6-3-2-4-7-18/h2-4,6-9,14,21,23H,5,10-13,15-17H2,1H3,(H,29,32). The van der Waals surface area contributed by atoms with Crippen LogP contribution in [-0.2, 0) is 28.7 Å². The molecule has 1 N–H and O–H groups in total. The van der Waals surface area contributed by atoms with Crippen molar-refractivity contribution in [2.24, 2.45) is 5.92 Å². The molecule has 0 radical (unpaired) electrons. The summed E-state index contributed by atoms with van der Waals surface area (Å²) in [5, 5.41) is 2.97. The van der Waals surface area contributed by atoms with E-state index in [2.05, 4.69) is 27.2 Å². The molecular formula is C25H30F3N3O2. The summed E-state index contributed by atoms with van der Waals surface area (Å²) in [7, 11) is 1.61. The van der Waals surface area contributed by atoms with Gasteiger partial charge in [-0.3, -0.25) is 9.69 Å².